The topological polar surface area (TPSA) is 17.8 Å². The molecule has 0 fully saturated rings. The zero-order chi connectivity index (χ0) is 19.2. The van der Waals surface area contributed by atoms with Crippen LogP contribution in [0.25, 0.3) is 11.0 Å². The first kappa shape index (κ1) is 22.5. The number of halogens is 1. The van der Waals surface area contributed by atoms with Crippen LogP contribution in [0.2, 0.25) is 21.7 Å². The van der Waals surface area contributed by atoms with E-state index in [0.29, 0.717) is 22.0 Å². The van der Waals surface area contributed by atoms with Crippen LogP contribution in [-0.2, 0) is 0 Å². The minimum absolute atomic E-state index is 0.173. The Bertz CT molecular complexity index is 628. The molecule has 0 saturated heterocycles. The Morgan fingerprint density at radius 2 is 1.64 bits per heavy atom. The van der Waals surface area contributed by atoms with Crippen molar-refractivity contribution in [1.29, 1.82) is 0 Å². The molecule has 0 radical (unpaired) electrons. The van der Waals surface area contributed by atoms with E-state index < -0.39 is 8.24 Å². The first-order valence-corrected chi connectivity index (χ1v) is 12.0. The van der Waals surface area contributed by atoms with Gasteiger partial charge in [-0.25, -0.2) is 9.37 Å². The molecule has 0 bridgehead atoms. The average Bonchev–Trinajstić information content (AvgIpc) is 2.94. The van der Waals surface area contributed by atoms with E-state index in [-0.39, 0.29) is 5.82 Å². The zero-order valence-electron chi connectivity index (χ0n) is 17.4. The van der Waals surface area contributed by atoms with Gasteiger partial charge in [0.15, 0.2) is 8.24 Å². The summed E-state index contributed by atoms with van der Waals surface area (Å²) in [5.74, 6) is -0.173. The molecule has 2 aromatic rings. The summed E-state index contributed by atoms with van der Waals surface area (Å²) in [6.07, 6.45) is 6.37. The minimum atomic E-state index is -1.85. The molecule has 2 heterocycles. The number of pyridine rings is 1. The van der Waals surface area contributed by atoms with E-state index >= 15 is 0 Å². The van der Waals surface area contributed by atoms with Crippen LogP contribution in [-0.4, -0.2) is 35.2 Å². The second-order valence-electron chi connectivity index (χ2n) is 7.92. The van der Waals surface area contributed by atoms with Gasteiger partial charge in [-0.3, -0.25) is 0 Å². The van der Waals surface area contributed by atoms with Crippen molar-refractivity contribution in [1.82, 2.24) is 9.22 Å². The maximum absolute atomic E-state index is 14.0. The molecule has 0 aliphatic heterocycles. The van der Waals surface area contributed by atoms with E-state index in [1.54, 1.807) is 6.20 Å². The second kappa shape index (κ2) is 9.95. The van der Waals surface area contributed by atoms with E-state index in [4.69, 9.17) is 0 Å². The van der Waals surface area contributed by atoms with Gasteiger partial charge in [-0.2, -0.15) is 0 Å². The van der Waals surface area contributed by atoms with Crippen LogP contribution < -0.4 is 0 Å². The summed E-state index contributed by atoms with van der Waals surface area (Å²) < 4.78 is 16.3. The molecule has 0 atom stereocenters. The van der Waals surface area contributed by atoms with Crippen LogP contribution in [0.1, 0.15) is 61.3 Å². The Morgan fingerprint density at radius 3 is 2.04 bits per heavy atom. The predicted octanol–water partition coefficient (Wildman–Crippen LogP) is 6.57. The summed E-state index contributed by atoms with van der Waals surface area (Å²) in [6, 6.07) is 3.32. The molecular weight excluding hydrogens is 322 g/mol. The predicted molar refractivity (Wildman–Crippen MR) is 112 cm³/mol. The van der Waals surface area contributed by atoms with Gasteiger partial charge in [0.25, 0.3) is 0 Å². The number of hydrogen-bond donors (Lipinski definition) is 0. The Morgan fingerprint density at radius 1 is 1.08 bits per heavy atom. The summed E-state index contributed by atoms with van der Waals surface area (Å²) in [4.78, 5) is 4.47. The first-order chi connectivity index (χ1) is 11.7. The summed E-state index contributed by atoms with van der Waals surface area (Å²) in [5, 5.41) is 1.99. The normalized spacial score (nSPS) is 12.2. The number of hydrogen-bond acceptors (Lipinski definition) is 1. The van der Waals surface area contributed by atoms with Crippen molar-refractivity contribution in [2.45, 2.75) is 83.0 Å². The molecule has 136 valence electrons. The Labute approximate surface area is 163 Å². The molecule has 0 saturated carbocycles. The van der Waals surface area contributed by atoms with Gasteiger partial charge in [-0.05, 0) is 35.0 Å². The molecule has 0 spiro atoms. The van der Waals surface area contributed by atoms with Crippen LogP contribution in [0, 0.1) is 5.82 Å². The molecule has 0 amide bonds. The fraction of sp³-hybridized carbons (Fsp3) is 0.650. The van der Waals surface area contributed by atoms with Crippen molar-refractivity contribution in [2.24, 2.45) is 0 Å². The fourth-order valence-electron chi connectivity index (χ4n) is 4.51. The van der Waals surface area contributed by atoms with Crippen LogP contribution >= 0.6 is 0 Å². The molecule has 0 unspecified atom stereocenters. The van der Waals surface area contributed by atoms with Crippen molar-refractivity contribution in [3.63, 3.8) is 0 Å². The molecule has 0 aliphatic rings. The van der Waals surface area contributed by atoms with Crippen molar-refractivity contribution in [3.05, 3.63) is 30.3 Å². The van der Waals surface area contributed by atoms with Crippen LogP contribution in [0.4, 0.5) is 4.39 Å². The van der Waals surface area contributed by atoms with E-state index in [0.717, 1.165) is 5.65 Å². The molecule has 5 heteroatoms. The second-order valence-corrected chi connectivity index (χ2v) is 13.6. The third-order valence-corrected chi connectivity index (χ3v) is 12.2. The van der Waals surface area contributed by atoms with Crippen LogP contribution in [0.5, 0.6) is 0 Å². The summed E-state index contributed by atoms with van der Waals surface area (Å²) >= 11 is 2.21. The van der Waals surface area contributed by atoms with Crippen molar-refractivity contribution >= 4 is 37.0 Å². The van der Waals surface area contributed by atoms with Crippen molar-refractivity contribution in [3.8, 4) is 0 Å². The summed E-state index contributed by atoms with van der Waals surface area (Å²) in [5.41, 5.74) is 2.53. The number of rotatable bonds is 6. The quantitative estimate of drug-likeness (QED) is 0.535. The number of fused-ring (bicyclic) bond motifs is 1. The van der Waals surface area contributed by atoms with Crippen molar-refractivity contribution < 1.29 is 4.39 Å². The number of nitrogens with zero attached hydrogens (tertiary/aromatic N) is 2. The van der Waals surface area contributed by atoms with Gasteiger partial charge < -0.3 is 4.23 Å². The van der Waals surface area contributed by atoms with E-state index in [9.17, 15) is 4.39 Å². The van der Waals surface area contributed by atoms with Crippen LogP contribution in [0.15, 0.2) is 24.5 Å². The number of aromatic nitrogens is 2. The van der Waals surface area contributed by atoms with Gasteiger partial charge >= 0.3 is 42.6 Å². The van der Waals surface area contributed by atoms with Gasteiger partial charge in [0.05, 0.1) is 5.39 Å². The molecule has 25 heavy (non-hydrogen) atoms. The third-order valence-electron chi connectivity index (χ3n) is 5.43. The SMILES string of the molecule is CC(C)[Si](C(C)C)(C(C)C)n1ccc2c(F)ccnc21.[Li][CH2]CCC. The molecule has 0 N–H and O–H groups in total. The molecule has 0 aromatic carbocycles. The Kier molecular flexibility index (Phi) is 8.94. The summed E-state index contributed by atoms with van der Waals surface area (Å²) in [6.45, 7) is 16.0. The standard InChI is InChI=1S/C16H25FN2Si.C4H9.Li/c1-11(2)20(12(3)4,13(5)6)19-10-8-14-15(17)7-9-18-16(14)19;1-3-4-2;/h7-13H,1-6H3;1,3-4H2,2H3;. The third kappa shape index (κ3) is 4.59. The van der Waals surface area contributed by atoms with Crippen molar-refractivity contribution in [2.75, 3.05) is 0 Å². The van der Waals surface area contributed by atoms with E-state index in [1.807, 2.05) is 6.07 Å². The van der Waals surface area contributed by atoms with Gasteiger partial charge in [-0.1, -0.05) is 41.5 Å². The van der Waals surface area contributed by atoms with E-state index in [2.05, 4.69) is 81.6 Å². The maximum atomic E-state index is 14.0. The molecule has 0 aliphatic carbocycles. The molecule has 2 nitrogen and oxygen atoms in total. The zero-order valence-corrected chi connectivity index (χ0v) is 18.4. The van der Waals surface area contributed by atoms with Gasteiger partial charge in [0.2, 0.25) is 0 Å². The molecular formula is C20H34FLiN2Si. The first-order valence-electron chi connectivity index (χ1n) is 9.86. The van der Waals surface area contributed by atoms with Gasteiger partial charge in [0.1, 0.15) is 11.5 Å². The number of unbranched alkanes of at least 4 members (excludes halogenated alkanes) is 1. The fourth-order valence-corrected chi connectivity index (χ4v) is 11.1. The molecule has 2 aromatic heterocycles. The van der Waals surface area contributed by atoms with Gasteiger partial charge in [0, 0.05) is 6.20 Å². The van der Waals surface area contributed by atoms with E-state index in [1.165, 1.54) is 24.0 Å². The monoisotopic (exact) mass is 356 g/mol. The Hall–Kier alpha value is -0.566. The van der Waals surface area contributed by atoms with Crippen LogP contribution in [0.3, 0.4) is 0 Å². The summed E-state index contributed by atoms with van der Waals surface area (Å²) in [7, 11) is -1.85. The van der Waals surface area contributed by atoms with Gasteiger partial charge in [-0.15, -0.1) is 0 Å². The molecule has 2 rings (SSSR count). The Balaban J connectivity index is 0.000000550. The average molecular weight is 357 g/mol.